The van der Waals surface area contributed by atoms with Crippen molar-refractivity contribution in [2.75, 3.05) is 0 Å². The van der Waals surface area contributed by atoms with Gasteiger partial charge in [0.25, 0.3) is 6.71 Å². The highest BCUT2D eigenvalue weighted by Gasteiger charge is 2.41. The van der Waals surface area contributed by atoms with Gasteiger partial charge in [0.1, 0.15) is 34.6 Å². The molecule has 2 aliphatic heterocycles. The Morgan fingerprint density at radius 1 is 0.759 bits per heavy atom. The minimum atomic E-state index is -0.393. The highest BCUT2D eigenvalue weighted by Crippen LogP contribution is 2.39. The Labute approximate surface area is 165 Å². The van der Waals surface area contributed by atoms with Crippen molar-refractivity contribution in [2.24, 2.45) is 0 Å². The van der Waals surface area contributed by atoms with Crippen LogP contribution in [0.2, 0.25) is 0 Å². The lowest BCUT2D eigenvalue weighted by Crippen LogP contribution is -2.57. The van der Waals surface area contributed by atoms with Gasteiger partial charge in [-0.1, -0.05) is 12.1 Å². The summed E-state index contributed by atoms with van der Waals surface area (Å²) in [4.78, 5) is 4.15. The van der Waals surface area contributed by atoms with E-state index in [0.29, 0.717) is 39.5 Å². The average molecular weight is 383 g/mol. The highest BCUT2D eigenvalue weighted by molar-refractivity contribution is 6.98. The summed E-state index contributed by atoms with van der Waals surface area (Å²) >= 11 is 0. The van der Waals surface area contributed by atoms with Gasteiger partial charge in [-0.3, -0.25) is 4.98 Å². The molecule has 29 heavy (non-hydrogen) atoms. The number of nitrogens with zero attached hydrogens (tertiary/aromatic N) is 1. The highest BCUT2D eigenvalue weighted by atomic mass is 19.1. The maximum absolute atomic E-state index is 14.7. The summed E-state index contributed by atoms with van der Waals surface area (Å²) in [5.74, 6) is 1.59. The van der Waals surface area contributed by atoms with Crippen molar-refractivity contribution in [1.82, 2.24) is 4.98 Å². The minimum absolute atomic E-state index is 0.370. The Kier molecular flexibility index (Phi) is 3.32. The third kappa shape index (κ3) is 2.39. The molecule has 0 unspecified atom stereocenters. The molecule has 0 fully saturated rings. The Hall–Kier alpha value is -3.67. The van der Waals surface area contributed by atoms with E-state index in [-0.39, 0.29) is 5.82 Å². The topological polar surface area (TPSA) is 31.4 Å². The van der Waals surface area contributed by atoms with Crippen molar-refractivity contribution in [2.45, 2.75) is 0 Å². The maximum atomic E-state index is 14.7. The van der Waals surface area contributed by atoms with E-state index in [9.17, 15) is 8.78 Å². The predicted octanol–water partition coefficient (Wildman–Crippen LogP) is 3.75. The van der Waals surface area contributed by atoms with E-state index in [2.05, 4.69) is 4.98 Å². The normalized spacial score (nSPS) is 13.0. The standard InChI is InChI=1S/C23H12BF2NO2/c25-14-6-7-19-17(10-14)24-18-11-15(26)9-16(13-3-2-8-27-12-13)23(18)29-21-5-1-4-20(28-19)22(21)24/h1-12H. The molecule has 0 bridgehead atoms. The molecule has 6 rings (SSSR count). The number of pyridine rings is 1. The van der Waals surface area contributed by atoms with Crippen molar-refractivity contribution >= 4 is 23.1 Å². The molecule has 0 spiro atoms. The molecule has 6 heteroatoms. The second-order valence-corrected chi connectivity index (χ2v) is 7.10. The molecule has 0 atom stereocenters. The number of halogens is 2. The molecule has 0 radical (unpaired) electrons. The van der Waals surface area contributed by atoms with Crippen LogP contribution < -0.4 is 25.9 Å². The third-order valence-corrected chi connectivity index (χ3v) is 5.40. The van der Waals surface area contributed by atoms with Crippen LogP contribution in [0.25, 0.3) is 11.1 Å². The second kappa shape index (κ2) is 5.91. The molecule has 138 valence electrons. The Morgan fingerprint density at radius 3 is 2.41 bits per heavy atom. The van der Waals surface area contributed by atoms with E-state index in [0.717, 1.165) is 11.0 Å². The first kappa shape index (κ1) is 16.3. The third-order valence-electron chi connectivity index (χ3n) is 5.40. The van der Waals surface area contributed by atoms with Crippen LogP contribution in [0.4, 0.5) is 8.78 Å². The van der Waals surface area contributed by atoms with E-state index in [4.69, 9.17) is 9.47 Å². The fourth-order valence-electron chi connectivity index (χ4n) is 4.21. The summed E-state index contributed by atoms with van der Waals surface area (Å²) in [6, 6.07) is 16.5. The number of hydrogen-bond acceptors (Lipinski definition) is 3. The molecule has 3 heterocycles. The van der Waals surface area contributed by atoms with Crippen molar-refractivity contribution in [3.05, 3.63) is 84.7 Å². The van der Waals surface area contributed by atoms with Gasteiger partial charge in [0, 0.05) is 29.0 Å². The minimum Gasteiger partial charge on any atom is -0.458 e. The van der Waals surface area contributed by atoms with Crippen LogP contribution in [0.3, 0.4) is 0 Å². The van der Waals surface area contributed by atoms with Gasteiger partial charge >= 0.3 is 0 Å². The van der Waals surface area contributed by atoms with Crippen LogP contribution in [0.5, 0.6) is 23.0 Å². The smallest absolute Gasteiger partial charge is 0.260 e. The number of ether oxygens (including phenoxy) is 2. The molecule has 0 N–H and O–H groups in total. The summed E-state index contributed by atoms with van der Waals surface area (Å²) in [7, 11) is 0. The van der Waals surface area contributed by atoms with Gasteiger partial charge < -0.3 is 9.47 Å². The number of rotatable bonds is 1. The number of hydrogen-bond donors (Lipinski definition) is 0. The monoisotopic (exact) mass is 383 g/mol. The summed E-state index contributed by atoms with van der Waals surface area (Å²) in [6.45, 7) is -0.393. The molecule has 0 saturated carbocycles. The largest absolute Gasteiger partial charge is 0.458 e. The summed E-state index contributed by atoms with van der Waals surface area (Å²) in [5.41, 5.74) is 3.42. The summed E-state index contributed by atoms with van der Waals surface area (Å²) < 4.78 is 41.1. The van der Waals surface area contributed by atoms with E-state index in [1.807, 2.05) is 24.3 Å². The van der Waals surface area contributed by atoms with Gasteiger partial charge in [0.2, 0.25) is 0 Å². The molecule has 0 aliphatic carbocycles. The van der Waals surface area contributed by atoms with Crippen LogP contribution in [0.15, 0.2) is 73.1 Å². The molecule has 4 aromatic rings. The maximum Gasteiger partial charge on any atom is 0.260 e. The number of benzene rings is 3. The molecule has 3 aromatic carbocycles. The predicted molar refractivity (Wildman–Crippen MR) is 107 cm³/mol. The Morgan fingerprint density at radius 2 is 1.59 bits per heavy atom. The summed E-state index contributed by atoms with van der Waals surface area (Å²) in [6.07, 6.45) is 3.33. The first-order valence-electron chi connectivity index (χ1n) is 9.21. The number of aromatic nitrogens is 1. The fraction of sp³-hybridized carbons (Fsp3) is 0. The van der Waals surface area contributed by atoms with E-state index < -0.39 is 12.5 Å². The molecule has 1 aromatic heterocycles. The van der Waals surface area contributed by atoms with Crippen LogP contribution in [0.1, 0.15) is 0 Å². The van der Waals surface area contributed by atoms with Gasteiger partial charge in [-0.15, -0.1) is 0 Å². The SMILES string of the molecule is Fc1ccc2c(c1)B1c3cc(F)cc(-c4cccnc4)c3Oc3cccc(c31)O2. The second-order valence-electron chi connectivity index (χ2n) is 7.10. The molecule has 2 aliphatic rings. The van der Waals surface area contributed by atoms with E-state index >= 15 is 0 Å². The Balaban J connectivity index is 1.68. The molecule has 0 saturated heterocycles. The first-order chi connectivity index (χ1) is 14.2. The average Bonchev–Trinajstić information content (AvgIpc) is 2.74. The van der Waals surface area contributed by atoms with Gasteiger partial charge in [0.15, 0.2) is 0 Å². The van der Waals surface area contributed by atoms with Crippen molar-refractivity contribution < 1.29 is 18.3 Å². The Bertz CT molecular complexity index is 1290. The number of fused-ring (bicyclic) bond motifs is 4. The molecular weight excluding hydrogens is 371 g/mol. The lowest BCUT2D eigenvalue weighted by atomic mass is 9.34. The van der Waals surface area contributed by atoms with Gasteiger partial charge in [-0.25, -0.2) is 8.78 Å². The van der Waals surface area contributed by atoms with Gasteiger partial charge in [0.05, 0.1) is 0 Å². The molecule has 0 amide bonds. The van der Waals surface area contributed by atoms with Crippen LogP contribution in [0, 0.1) is 11.6 Å². The van der Waals surface area contributed by atoms with E-state index in [1.54, 1.807) is 24.5 Å². The lowest BCUT2D eigenvalue weighted by molar-refractivity contribution is 0.463. The van der Waals surface area contributed by atoms with Gasteiger partial charge in [-0.2, -0.15) is 0 Å². The van der Waals surface area contributed by atoms with Crippen molar-refractivity contribution in [3.8, 4) is 34.1 Å². The zero-order valence-corrected chi connectivity index (χ0v) is 15.0. The fourth-order valence-corrected chi connectivity index (χ4v) is 4.21. The van der Waals surface area contributed by atoms with Crippen LogP contribution >= 0.6 is 0 Å². The summed E-state index contributed by atoms with van der Waals surface area (Å²) in [5, 5.41) is 0. The molecular formula is C23H12BF2NO2. The first-order valence-corrected chi connectivity index (χ1v) is 9.21. The van der Waals surface area contributed by atoms with Gasteiger partial charge in [-0.05, 0) is 59.5 Å². The zero-order valence-electron chi connectivity index (χ0n) is 15.0. The van der Waals surface area contributed by atoms with E-state index in [1.165, 1.54) is 24.3 Å². The zero-order chi connectivity index (χ0) is 19.5. The quantitative estimate of drug-likeness (QED) is 0.406. The molecule has 3 nitrogen and oxygen atoms in total. The van der Waals surface area contributed by atoms with Crippen molar-refractivity contribution in [3.63, 3.8) is 0 Å². The van der Waals surface area contributed by atoms with Crippen LogP contribution in [-0.4, -0.2) is 11.7 Å². The van der Waals surface area contributed by atoms with Crippen LogP contribution in [-0.2, 0) is 0 Å². The lowest BCUT2D eigenvalue weighted by Gasteiger charge is -2.33. The van der Waals surface area contributed by atoms with Crippen molar-refractivity contribution in [1.29, 1.82) is 0 Å².